The van der Waals surface area contributed by atoms with Crippen LogP contribution in [0.4, 0.5) is 0 Å². The summed E-state index contributed by atoms with van der Waals surface area (Å²) in [7, 11) is 0. The molecular weight excluding hydrogens is 326 g/mol. The van der Waals surface area contributed by atoms with Gasteiger partial charge in [0, 0.05) is 23.2 Å². The van der Waals surface area contributed by atoms with Crippen LogP contribution in [0, 0.1) is 6.92 Å². The number of benzene rings is 1. The first-order valence-electron chi connectivity index (χ1n) is 7.87. The molecule has 1 fully saturated rings. The molecule has 1 aliphatic rings. The van der Waals surface area contributed by atoms with E-state index in [4.69, 9.17) is 14.0 Å². The number of nitrogens with zero attached hydrogens (tertiary/aromatic N) is 3. The fourth-order valence-corrected chi connectivity index (χ4v) is 3.28. The Kier molecular flexibility index (Phi) is 4.27. The molecule has 3 aromatic rings. The van der Waals surface area contributed by atoms with Gasteiger partial charge in [-0.25, -0.2) is 4.98 Å². The third-order valence-corrected chi connectivity index (χ3v) is 4.71. The molecule has 1 aliphatic heterocycles. The molecule has 0 aliphatic carbocycles. The summed E-state index contributed by atoms with van der Waals surface area (Å²) in [5, 5.41) is 7.03. The molecule has 124 valence electrons. The highest BCUT2D eigenvalue weighted by Crippen LogP contribution is 2.29. The molecule has 1 atom stereocenters. The van der Waals surface area contributed by atoms with Crippen molar-refractivity contribution in [3.8, 4) is 17.1 Å². The van der Waals surface area contributed by atoms with Gasteiger partial charge in [-0.15, -0.1) is 11.3 Å². The quantitative estimate of drug-likeness (QED) is 0.699. The second-order valence-corrected chi connectivity index (χ2v) is 6.60. The first-order chi connectivity index (χ1) is 11.8. The Labute approximate surface area is 143 Å². The minimum absolute atomic E-state index is 0.0705. The van der Waals surface area contributed by atoms with E-state index in [0.29, 0.717) is 18.3 Å². The normalized spacial score (nSPS) is 17.3. The summed E-state index contributed by atoms with van der Waals surface area (Å²) in [6, 6.07) is 7.67. The van der Waals surface area contributed by atoms with E-state index in [1.165, 1.54) is 0 Å². The van der Waals surface area contributed by atoms with Gasteiger partial charge < -0.3 is 14.0 Å². The number of aryl methyl sites for hydroxylation is 1. The molecule has 2 aromatic heterocycles. The lowest BCUT2D eigenvalue weighted by atomic mass is 10.2. The summed E-state index contributed by atoms with van der Waals surface area (Å²) in [5.74, 6) is 1.85. The Morgan fingerprint density at radius 2 is 2.29 bits per heavy atom. The largest absolute Gasteiger partial charge is 0.486 e. The molecule has 0 saturated carbocycles. The standard InChI is InChI=1S/C17H17N3O3S/c1-11-10-24-15(18-11)9-22-13-5-2-4-12(8-13)16-19-17(23-20-16)14-6-3-7-21-14/h2,4-5,8,10,14H,3,6-7,9H2,1H3. The summed E-state index contributed by atoms with van der Waals surface area (Å²) in [6.45, 7) is 3.18. The Bertz CT molecular complexity index is 824. The topological polar surface area (TPSA) is 70.3 Å². The smallest absolute Gasteiger partial charge is 0.256 e. The lowest BCUT2D eigenvalue weighted by Crippen LogP contribution is -1.96. The molecule has 0 N–H and O–H groups in total. The van der Waals surface area contributed by atoms with E-state index in [0.717, 1.165) is 41.5 Å². The van der Waals surface area contributed by atoms with Gasteiger partial charge in [-0.2, -0.15) is 4.98 Å². The van der Waals surface area contributed by atoms with Crippen molar-refractivity contribution in [2.45, 2.75) is 32.5 Å². The average molecular weight is 343 g/mol. The van der Waals surface area contributed by atoms with E-state index in [9.17, 15) is 0 Å². The van der Waals surface area contributed by atoms with Crippen LogP contribution in [0.2, 0.25) is 0 Å². The molecule has 0 spiro atoms. The number of hydrogen-bond acceptors (Lipinski definition) is 7. The predicted molar refractivity (Wildman–Crippen MR) is 88.8 cm³/mol. The summed E-state index contributed by atoms with van der Waals surface area (Å²) >= 11 is 1.60. The van der Waals surface area contributed by atoms with Crippen molar-refractivity contribution in [2.24, 2.45) is 0 Å². The van der Waals surface area contributed by atoms with Crippen LogP contribution in [0.3, 0.4) is 0 Å². The Morgan fingerprint density at radius 1 is 1.33 bits per heavy atom. The van der Waals surface area contributed by atoms with Crippen molar-refractivity contribution >= 4 is 11.3 Å². The summed E-state index contributed by atoms with van der Waals surface area (Å²) in [5.41, 5.74) is 1.87. The van der Waals surface area contributed by atoms with Crippen molar-refractivity contribution in [2.75, 3.05) is 6.61 Å². The van der Waals surface area contributed by atoms with Gasteiger partial charge in [-0.3, -0.25) is 0 Å². The molecular formula is C17H17N3O3S. The highest BCUT2D eigenvalue weighted by atomic mass is 32.1. The van der Waals surface area contributed by atoms with Crippen molar-refractivity contribution < 1.29 is 14.0 Å². The van der Waals surface area contributed by atoms with Crippen LogP contribution in [0.15, 0.2) is 34.2 Å². The number of hydrogen-bond donors (Lipinski definition) is 0. The molecule has 24 heavy (non-hydrogen) atoms. The van der Waals surface area contributed by atoms with Crippen LogP contribution >= 0.6 is 11.3 Å². The molecule has 3 heterocycles. The van der Waals surface area contributed by atoms with Crippen LogP contribution in [-0.4, -0.2) is 21.7 Å². The van der Waals surface area contributed by atoms with Crippen LogP contribution in [0.5, 0.6) is 5.75 Å². The van der Waals surface area contributed by atoms with Gasteiger partial charge in [0.15, 0.2) is 0 Å². The molecule has 1 saturated heterocycles. The van der Waals surface area contributed by atoms with E-state index >= 15 is 0 Å². The first kappa shape index (κ1) is 15.3. The molecule has 0 amide bonds. The van der Waals surface area contributed by atoms with Crippen LogP contribution < -0.4 is 4.74 Å². The zero-order chi connectivity index (χ0) is 16.4. The Hall–Kier alpha value is -2.25. The van der Waals surface area contributed by atoms with E-state index in [1.807, 2.05) is 36.6 Å². The fraction of sp³-hybridized carbons (Fsp3) is 0.353. The maximum absolute atomic E-state index is 5.81. The van der Waals surface area contributed by atoms with Crippen molar-refractivity contribution in [1.29, 1.82) is 0 Å². The Morgan fingerprint density at radius 3 is 3.08 bits per heavy atom. The monoisotopic (exact) mass is 343 g/mol. The average Bonchev–Trinajstić information content (AvgIpc) is 3.34. The third-order valence-electron chi connectivity index (χ3n) is 3.77. The van der Waals surface area contributed by atoms with Crippen molar-refractivity contribution in [1.82, 2.24) is 15.1 Å². The zero-order valence-electron chi connectivity index (χ0n) is 13.3. The first-order valence-corrected chi connectivity index (χ1v) is 8.75. The zero-order valence-corrected chi connectivity index (χ0v) is 14.1. The number of ether oxygens (including phenoxy) is 2. The number of thiazole rings is 1. The van der Waals surface area contributed by atoms with Gasteiger partial charge in [0.2, 0.25) is 5.82 Å². The number of aromatic nitrogens is 3. The minimum Gasteiger partial charge on any atom is -0.486 e. The summed E-state index contributed by atoms with van der Waals surface area (Å²) in [4.78, 5) is 8.85. The molecule has 0 radical (unpaired) electrons. The molecule has 1 unspecified atom stereocenters. The fourth-order valence-electron chi connectivity index (χ4n) is 2.59. The van der Waals surface area contributed by atoms with E-state index < -0.39 is 0 Å². The van der Waals surface area contributed by atoms with E-state index in [2.05, 4.69) is 15.1 Å². The van der Waals surface area contributed by atoms with Gasteiger partial charge >= 0.3 is 0 Å². The Balaban J connectivity index is 1.47. The maximum atomic E-state index is 5.81. The molecule has 6 nitrogen and oxygen atoms in total. The van der Waals surface area contributed by atoms with Gasteiger partial charge in [-0.1, -0.05) is 17.3 Å². The van der Waals surface area contributed by atoms with Gasteiger partial charge in [0.25, 0.3) is 5.89 Å². The highest BCUT2D eigenvalue weighted by Gasteiger charge is 2.24. The van der Waals surface area contributed by atoms with Gasteiger partial charge in [0.05, 0.1) is 0 Å². The SMILES string of the molecule is Cc1csc(COc2cccc(-c3noc(C4CCCO4)n3)c2)n1. The van der Waals surface area contributed by atoms with E-state index in [1.54, 1.807) is 11.3 Å². The molecule has 7 heteroatoms. The lowest BCUT2D eigenvalue weighted by Gasteiger charge is -2.05. The lowest BCUT2D eigenvalue weighted by molar-refractivity contribution is 0.0835. The maximum Gasteiger partial charge on any atom is 0.256 e. The van der Waals surface area contributed by atoms with Gasteiger partial charge in [0.1, 0.15) is 23.5 Å². The van der Waals surface area contributed by atoms with Crippen molar-refractivity contribution in [3.05, 3.63) is 46.2 Å². The van der Waals surface area contributed by atoms with Gasteiger partial charge in [-0.05, 0) is 31.9 Å². The highest BCUT2D eigenvalue weighted by molar-refractivity contribution is 7.09. The van der Waals surface area contributed by atoms with E-state index in [-0.39, 0.29) is 6.10 Å². The molecule has 4 rings (SSSR count). The summed E-state index contributed by atoms with van der Waals surface area (Å²) < 4.78 is 16.7. The number of rotatable bonds is 5. The summed E-state index contributed by atoms with van der Waals surface area (Å²) in [6.07, 6.45) is 1.89. The van der Waals surface area contributed by atoms with Crippen LogP contribution in [0.25, 0.3) is 11.4 Å². The van der Waals surface area contributed by atoms with Crippen molar-refractivity contribution in [3.63, 3.8) is 0 Å². The minimum atomic E-state index is -0.0705. The molecule has 0 bridgehead atoms. The second kappa shape index (κ2) is 6.70. The van der Waals surface area contributed by atoms with Crippen LogP contribution in [0.1, 0.15) is 35.5 Å². The predicted octanol–water partition coefficient (Wildman–Crippen LogP) is 3.93. The van der Waals surface area contributed by atoms with Crippen LogP contribution in [-0.2, 0) is 11.3 Å². The molecule has 1 aromatic carbocycles. The second-order valence-electron chi connectivity index (χ2n) is 5.66. The third kappa shape index (κ3) is 3.32.